The number of benzene rings is 1. The molecule has 0 radical (unpaired) electrons. The SMILES string of the molecule is COc1ccc2c(c1)CC(F)C(=O)O2. The standard InChI is InChI=1S/C10H9FO3/c1-13-7-2-3-9-6(4-7)5-8(11)10(12)14-9/h2-4,8H,5H2,1H3. The molecule has 0 amide bonds. The average Bonchev–Trinajstić information content (AvgIpc) is 2.19. The Labute approximate surface area is 80.4 Å². The summed E-state index contributed by atoms with van der Waals surface area (Å²) in [6, 6.07) is 4.96. The fourth-order valence-corrected chi connectivity index (χ4v) is 1.39. The number of hydrogen-bond donors (Lipinski definition) is 0. The smallest absolute Gasteiger partial charge is 0.346 e. The molecule has 1 heterocycles. The molecule has 1 unspecified atom stereocenters. The molecule has 14 heavy (non-hydrogen) atoms. The van der Waals surface area contributed by atoms with Crippen LogP contribution >= 0.6 is 0 Å². The molecule has 0 N–H and O–H groups in total. The van der Waals surface area contributed by atoms with Gasteiger partial charge >= 0.3 is 5.97 Å². The third-order valence-corrected chi connectivity index (χ3v) is 2.13. The summed E-state index contributed by atoms with van der Waals surface area (Å²) in [6.45, 7) is 0. The number of methoxy groups -OCH3 is 1. The van der Waals surface area contributed by atoms with E-state index in [1.807, 2.05) is 0 Å². The van der Waals surface area contributed by atoms with Crippen LogP contribution in [0.4, 0.5) is 4.39 Å². The lowest BCUT2D eigenvalue weighted by Crippen LogP contribution is -2.28. The van der Waals surface area contributed by atoms with Gasteiger partial charge in [0.2, 0.25) is 6.17 Å². The number of rotatable bonds is 1. The van der Waals surface area contributed by atoms with Gasteiger partial charge in [-0.05, 0) is 18.2 Å². The van der Waals surface area contributed by atoms with Gasteiger partial charge in [0.25, 0.3) is 0 Å². The summed E-state index contributed by atoms with van der Waals surface area (Å²) in [4.78, 5) is 10.9. The van der Waals surface area contributed by atoms with Crippen LogP contribution < -0.4 is 9.47 Å². The lowest BCUT2D eigenvalue weighted by atomic mass is 10.0. The fourth-order valence-electron chi connectivity index (χ4n) is 1.39. The maximum absolute atomic E-state index is 13.0. The van der Waals surface area contributed by atoms with Crippen molar-refractivity contribution in [2.75, 3.05) is 7.11 Å². The van der Waals surface area contributed by atoms with E-state index in [-0.39, 0.29) is 6.42 Å². The van der Waals surface area contributed by atoms with E-state index in [2.05, 4.69) is 0 Å². The van der Waals surface area contributed by atoms with E-state index < -0.39 is 12.1 Å². The Morgan fingerprint density at radius 2 is 2.36 bits per heavy atom. The number of alkyl halides is 1. The van der Waals surface area contributed by atoms with Crippen molar-refractivity contribution in [2.24, 2.45) is 0 Å². The highest BCUT2D eigenvalue weighted by Crippen LogP contribution is 2.29. The van der Waals surface area contributed by atoms with Crippen LogP contribution in [0, 0.1) is 0 Å². The lowest BCUT2D eigenvalue weighted by molar-refractivity contribution is -0.141. The number of carbonyl (C=O) groups is 1. The predicted octanol–water partition coefficient (Wildman–Crippen LogP) is 1.49. The first kappa shape index (κ1) is 8.99. The van der Waals surface area contributed by atoms with Crippen LogP contribution in [0.2, 0.25) is 0 Å². The largest absolute Gasteiger partial charge is 0.497 e. The van der Waals surface area contributed by atoms with Gasteiger partial charge < -0.3 is 9.47 Å². The zero-order valence-electron chi connectivity index (χ0n) is 7.62. The van der Waals surface area contributed by atoms with Gasteiger partial charge in [-0.3, -0.25) is 0 Å². The lowest BCUT2D eigenvalue weighted by Gasteiger charge is -2.18. The number of hydrogen-bond acceptors (Lipinski definition) is 3. The van der Waals surface area contributed by atoms with E-state index in [1.54, 1.807) is 18.2 Å². The van der Waals surface area contributed by atoms with Crippen molar-refractivity contribution in [3.8, 4) is 11.5 Å². The minimum atomic E-state index is -1.56. The highest BCUT2D eigenvalue weighted by atomic mass is 19.1. The first-order chi connectivity index (χ1) is 6.70. The highest BCUT2D eigenvalue weighted by molar-refractivity contribution is 5.80. The van der Waals surface area contributed by atoms with Crippen molar-refractivity contribution in [2.45, 2.75) is 12.6 Å². The first-order valence-corrected chi connectivity index (χ1v) is 4.23. The fraction of sp³-hybridized carbons (Fsp3) is 0.300. The molecule has 1 aromatic rings. The van der Waals surface area contributed by atoms with Gasteiger partial charge in [0, 0.05) is 12.0 Å². The second-order valence-electron chi connectivity index (χ2n) is 3.07. The van der Waals surface area contributed by atoms with E-state index in [0.717, 1.165) is 0 Å². The number of esters is 1. The van der Waals surface area contributed by atoms with Gasteiger partial charge in [0.1, 0.15) is 11.5 Å². The van der Waals surface area contributed by atoms with Crippen molar-refractivity contribution in [3.05, 3.63) is 23.8 Å². The van der Waals surface area contributed by atoms with E-state index in [1.165, 1.54) is 7.11 Å². The Kier molecular flexibility index (Phi) is 2.11. The molecule has 0 saturated heterocycles. The molecule has 3 nitrogen and oxygen atoms in total. The molecule has 1 aliphatic heterocycles. The van der Waals surface area contributed by atoms with Crippen LogP contribution in [0.25, 0.3) is 0 Å². The van der Waals surface area contributed by atoms with Crippen LogP contribution in [0.1, 0.15) is 5.56 Å². The summed E-state index contributed by atoms with van der Waals surface area (Å²) in [7, 11) is 1.53. The average molecular weight is 196 g/mol. The summed E-state index contributed by atoms with van der Waals surface area (Å²) in [5.41, 5.74) is 0.663. The molecular formula is C10H9FO3. The molecule has 0 fully saturated rings. The summed E-state index contributed by atoms with van der Waals surface area (Å²) >= 11 is 0. The van der Waals surface area contributed by atoms with E-state index in [9.17, 15) is 9.18 Å². The Balaban J connectivity index is 2.37. The number of carbonyl (C=O) groups excluding carboxylic acids is 1. The number of ether oxygens (including phenoxy) is 2. The van der Waals surface area contributed by atoms with Gasteiger partial charge in [0.05, 0.1) is 7.11 Å². The molecule has 0 aromatic heterocycles. The monoisotopic (exact) mass is 196 g/mol. The molecule has 74 valence electrons. The van der Waals surface area contributed by atoms with Crippen molar-refractivity contribution in [1.29, 1.82) is 0 Å². The summed E-state index contributed by atoms with van der Waals surface area (Å²) in [5, 5.41) is 0. The summed E-state index contributed by atoms with van der Waals surface area (Å²) < 4.78 is 22.7. The highest BCUT2D eigenvalue weighted by Gasteiger charge is 2.28. The molecule has 2 rings (SSSR count). The molecule has 0 saturated carbocycles. The van der Waals surface area contributed by atoms with Crippen LogP contribution in [-0.4, -0.2) is 19.3 Å². The molecule has 4 heteroatoms. The summed E-state index contributed by atoms with van der Waals surface area (Å²) in [5.74, 6) is 0.237. The molecular weight excluding hydrogens is 187 g/mol. The quantitative estimate of drug-likeness (QED) is 0.504. The molecule has 0 aliphatic carbocycles. The Bertz CT molecular complexity index is 376. The van der Waals surface area contributed by atoms with Gasteiger partial charge in [-0.1, -0.05) is 0 Å². The summed E-state index contributed by atoms with van der Waals surface area (Å²) in [6.07, 6.45) is -1.50. The Morgan fingerprint density at radius 3 is 3.07 bits per heavy atom. The molecule has 0 bridgehead atoms. The molecule has 1 aromatic carbocycles. The van der Waals surface area contributed by atoms with Crippen LogP contribution in [0.5, 0.6) is 11.5 Å². The van der Waals surface area contributed by atoms with Crippen LogP contribution in [-0.2, 0) is 11.2 Å². The van der Waals surface area contributed by atoms with Crippen molar-refractivity contribution < 1.29 is 18.7 Å². The maximum atomic E-state index is 13.0. The van der Waals surface area contributed by atoms with E-state index >= 15 is 0 Å². The Morgan fingerprint density at radius 1 is 1.57 bits per heavy atom. The van der Waals surface area contributed by atoms with Gasteiger partial charge in [-0.15, -0.1) is 0 Å². The van der Waals surface area contributed by atoms with Crippen molar-refractivity contribution in [3.63, 3.8) is 0 Å². The first-order valence-electron chi connectivity index (χ1n) is 4.23. The molecule has 1 atom stereocenters. The predicted molar refractivity (Wildman–Crippen MR) is 47.2 cm³/mol. The van der Waals surface area contributed by atoms with Gasteiger partial charge in [0.15, 0.2) is 0 Å². The Hall–Kier alpha value is -1.58. The zero-order chi connectivity index (χ0) is 10.1. The third-order valence-electron chi connectivity index (χ3n) is 2.13. The van der Waals surface area contributed by atoms with Gasteiger partial charge in [-0.2, -0.15) is 0 Å². The van der Waals surface area contributed by atoms with Crippen LogP contribution in [0.3, 0.4) is 0 Å². The molecule has 1 aliphatic rings. The molecule has 0 spiro atoms. The maximum Gasteiger partial charge on any atom is 0.346 e. The second-order valence-corrected chi connectivity index (χ2v) is 3.07. The van der Waals surface area contributed by atoms with E-state index in [0.29, 0.717) is 17.1 Å². The normalized spacial score (nSPS) is 19.9. The second kappa shape index (κ2) is 3.29. The number of halogens is 1. The zero-order valence-corrected chi connectivity index (χ0v) is 7.62. The third kappa shape index (κ3) is 1.43. The van der Waals surface area contributed by atoms with Crippen molar-refractivity contribution >= 4 is 5.97 Å². The van der Waals surface area contributed by atoms with Crippen molar-refractivity contribution in [1.82, 2.24) is 0 Å². The minimum Gasteiger partial charge on any atom is -0.497 e. The van der Waals surface area contributed by atoms with Gasteiger partial charge in [-0.25, -0.2) is 9.18 Å². The minimum absolute atomic E-state index is 0.0609. The van der Waals surface area contributed by atoms with E-state index in [4.69, 9.17) is 9.47 Å². The van der Waals surface area contributed by atoms with Crippen LogP contribution in [0.15, 0.2) is 18.2 Å². The topological polar surface area (TPSA) is 35.5 Å². The number of fused-ring (bicyclic) bond motifs is 1.